The van der Waals surface area contributed by atoms with Gasteiger partial charge in [-0.3, -0.25) is 14.7 Å². The minimum Gasteiger partial charge on any atom is -0.336 e. The Balaban J connectivity index is 1.40. The summed E-state index contributed by atoms with van der Waals surface area (Å²) >= 11 is 0. The third kappa shape index (κ3) is 3.16. The molecule has 130 valence electrons. The van der Waals surface area contributed by atoms with Crippen molar-refractivity contribution < 1.29 is 9.59 Å². The molecule has 0 unspecified atom stereocenters. The largest absolute Gasteiger partial charge is 0.336 e. The number of hydrogen-bond donors (Lipinski definition) is 1. The normalized spacial score (nSPS) is 18.7. The van der Waals surface area contributed by atoms with E-state index in [2.05, 4.69) is 10.2 Å². The van der Waals surface area contributed by atoms with Gasteiger partial charge in [0.15, 0.2) is 5.69 Å². The third-order valence-electron chi connectivity index (χ3n) is 5.12. The highest BCUT2D eigenvalue weighted by Gasteiger charge is 2.28. The maximum Gasteiger partial charge on any atom is 0.275 e. The van der Waals surface area contributed by atoms with E-state index in [1.54, 1.807) is 11.0 Å². The number of aromatic amines is 1. The highest BCUT2D eigenvalue weighted by atomic mass is 16.2. The summed E-state index contributed by atoms with van der Waals surface area (Å²) in [6.07, 6.45) is 4.18. The minimum atomic E-state index is -0.0748. The Hall–Kier alpha value is -2.63. The van der Waals surface area contributed by atoms with Crippen molar-refractivity contribution in [3.8, 4) is 0 Å². The first-order valence-electron chi connectivity index (χ1n) is 8.83. The van der Waals surface area contributed by atoms with Crippen LogP contribution in [0, 0.1) is 5.92 Å². The molecule has 1 saturated heterocycles. The molecule has 0 radical (unpaired) electrons. The number of aromatic nitrogens is 2. The molecule has 25 heavy (non-hydrogen) atoms. The summed E-state index contributed by atoms with van der Waals surface area (Å²) in [5, 5.41) is 7.93. The van der Waals surface area contributed by atoms with Gasteiger partial charge >= 0.3 is 0 Å². The molecule has 2 fully saturated rings. The van der Waals surface area contributed by atoms with Crippen LogP contribution < -0.4 is 0 Å². The zero-order valence-electron chi connectivity index (χ0n) is 14.4. The van der Waals surface area contributed by atoms with E-state index in [1.165, 1.54) is 18.4 Å². The number of H-pyrrole nitrogens is 1. The van der Waals surface area contributed by atoms with Crippen LogP contribution in [0.25, 0.3) is 10.9 Å². The summed E-state index contributed by atoms with van der Waals surface area (Å²) in [6.45, 7) is 4.27. The van der Waals surface area contributed by atoms with E-state index in [0.717, 1.165) is 10.9 Å². The van der Waals surface area contributed by atoms with Gasteiger partial charge in [0.2, 0.25) is 5.91 Å². The number of hydrogen-bond acceptors (Lipinski definition) is 3. The molecule has 2 aromatic rings. The zero-order chi connectivity index (χ0) is 17.4. The van der Waals surface area contributed by atoms with E-state index >= 15 is 0 Å². The van der Waals surface area contributed by atoms with Gasteiger partial charge < -0.3 is 9.80 Å². The maximum absolute atomic E-state index is 12.8. The van der Waals surface area contributed by atoms with Crippen molar-refractivity contribution in [1.82, 2.24) is 20.0 Å². The van der Waals surface area contributed by atoms with Crippen LogP contribution in [0.5, 0.6) is 0 Å². The van der Waals surface area contributed by atoms with E-state index in [4.69, 9.17) is 0 Å². The molecule has 4 rings (SSSR count). The van der Waals surface area contributed by atoms with Gasteiger partial charge in [-0.15, -0.1) is 0 Å². The van der Waals surface area contributed by atoms with Gasteiger partial charge in [0, 0.05) is 37.6 Å². The van der Waals surface area contributed by atoms with E-state index in [-0.39, 0.29) is 11.8 Å². The zero-order valence-corrected chi connectivity index (χ0v) is 14.4. The fourth-order valence-electron chi connectivity index (χ4n) is 3.35. The monoisotopic (exact) mass is 338 g/mol. The number of carbonyl (C=O) groups excluding carboxylic acids is 2. The summed E-state index contributed by atoms with van der Waals surface area (Å²) in [7, 11) is 0. The van der Waals surface area contributed by atoms with Crippen LogP contribution in [0.1, 0.15) is 30.3 Å². The van der Waals surface area contributed by atoms with Crippen LogP contribution >= 0.6 is 0 Å². The molecule has 2 amide bonds. The van der Waals surface area contributed by atoms with Crippen molar-refractivity contribution in [2.24, 2.45) is 5.92 Å². The SMILES string of the molecule is CC(=CC(=O)N1CCN(C(=O)c2n[nH]c3ccccc23)CC1)C1CC1. The number of para-hydroxylation sites is 1. The Kier molecular flexibility index (Phi) is 4.03. The predicted molar refractivity (Wildman–Crippen MR) is 95.1 cm³/mol. The molecule has 1 aliphatic heterocycles. The van der Waals surface area contributed by atoms with Crippen LogP contribution in [-0.2, 0) is 4.79 Å². The average Bonchev–Trinajstić information content (AvgIpc) is 3.41. The molecule has 1 aromatic heterocycles. The number of amides is 2. The molecule has 6 nitrogen and oxygen atoms in total. The first-order chi connectivity index (χ1) is 12.1. The van der Waals surface area contributed by atoms with Gasteiger partial charge in [0.1, 0.15) is 0 Å². The Morgan fingerprint density at radius 3 is 2.52 bits per heavy atom. The lowest BCUT2D eigenvalue weighted by Gasteiger charge is -2.34. The van der Waals surface area contributed by atoms with Crippen LogP contribution in [0.2, 0.25) is 0 Å². The first-order valence-corrected chi connectivity index (χ1v) is 8.83. The van der Waals surface area contributed by atoms with E-state index in [1.807, 2.05) is 36.1 Å². The Morgan fingerprint density at radius 2 is 1.80 bits per heavy atom. The smallest absolute Gasteiger partial charge is 0.275 e. The second kappa shape index (κ2) is 6.35. The maximum atomic E-state index is 12.8. The van der Waals surface area contributed by atoms with Crippen LogP contribution in [0.3, 0.4) is 0 Å². The highest BCUT2D eigenvalue weighted by molar-refractivity contribution is 6.04. The molecule has 2 heterocycles. The van der Waals surface area contributed by atoms with Crippen LogP contribution in [-0.4, -0.2) is 58.0 Å². The van der Waals surface area contributed by atoms with Gasteiger partial charge in [-0.2, -0.15) is 5.10 Å². The van der Waals surface area contributed by atoms with E-state index in [9.17, 15) is 9.59 Å². The molecule has 6 heteroatoms. The minimum absolute atomic E-state index is 0.0710. The lowest BCUT2D eigenvalue weighted by Crippen LogP contribution is -2.50. The van der Waals surface area contributed by atoms with Crippen molar-refractivity contribution in [2.75, 3.05) is 26.2 Å². The van der Waals surface area contributed by atoms with Crippen LogP contribution in [0.4, 0.5) is 0 Å². The summed E-state index contributed by atoms with van der Waals surface area (Å²) in [6, 6.07) is 7.62. The molecule has 2 aliphatic rings. The number of nitrogens with one attached hydrogen (secondary N) is 1. The third-order valence-corrected chi connectivity index (χ3v) is 5.12. The van der Waals surface area contributed by atoms with Gasteiger partial charge in [-0.25, -0.2) is 0 Å². The molecule has 0 atom stereocenters. The molecule has 1 N–H and O–H groups in total. The van der Waals surface area contributed by atoms with Gasteiger partial charge in [-0.05, 0) is 31.7 Å². The topological polar surface area (TPSA) is 69.3 Å². The number of nitrogens with zero attached hydrogens (tertiary/aromatic N) is 3. The second-order valence-corrected chi connectivity index (χ2v) is 6.90. The number of piperazine rings is 1. The standard InChI is InChI=1S/C19H22N4O2/c1-13(14-6-7-14)12-17(24)22-8-10-23(11-9-22)19(25)18-15-4-2-3-5-16(15)20-21-18/h2-5,12,14H,6-11H2,1H3,(H,20,21). The lowest BCUT2D eigenvalue weighted by molar-refractivity contribution is -0.127. The number of fused-ring (bicyclic) bond motifs is 1. The molecule has 0 bridgehead atoms. The van der Waals surface area contributed by atoms with Crippen molar-refractivity contribution in [3.63, 3.8) is 0 Å². The highest BCUT2D eigenvalue weighted by Crippen LogP contribution is 2.36. The van der Waals surface area contributed by atoms with Gasteiger partial charge in [0.05, 0.1) is 5.52 Å². The Bertz CT molecular complexity index is 842. The average molecular weight is 338 g/mol. The predicted octanol–water partition coefficient (Wildman–Crippen LogP) is 2.20. The fraction of sp³-hybridized carbons (Fsp3) is 0.421. The second-order valence-electron chi connectivity index (χ2n) is 6.90. The number of allylic oxidation sites excluding steroid dienone is 1. The Labute approximate surface area is 146 Å². The summed E-state index contributed by atoms with van der Waals surface area (Å²) in [4.78, 5) is 28.7. The van der Waals surface area contributed by atoms with Crippen molar-refractivity contribution in [3.05, 3.63) is 41.6 Å². The van der Waals surface area contributed by atoms with Crippen molar-refractivity contribution >= 4 is 22.7 Å². The number of benzene rings is 1. The molecular formula is C19H22N4O2. The fourth-order valence-corrected chi connectivity index (χ4v) is 3.35. The summed E-state index contributed by atoms with van der Waals surface area (Å²) in [5.74, 6) is 0.607. The molecule has 1 saturated carbocycles. The Morgan fingerprint density at radius 1 is 1.12 bits per heavy atom. The molecule has 1 aliphatic carbocycles. The molecular weight excluding hydrogens is 316 g/mol. The van der Waals surface area contributed by atoms with Crippen LogP contribution in [0.15, 0.2) is 35.9 Å². The quantitative estimate of drug-likeness (QED) is 0.872. The lowest BCUT2D eigenvalue weighted by atomic mass is 10.1. The first kappa shape index (κ1) is 15.9. The van der Waals surface area contributed by atoms with E-state index < -0.39 is 0 Å². The number of rotatable bonds is 3. The van der Waals surface area contributed by atoms with E-state index in [0.29, 0.717) is 37.8 Å². The van der Waals surface area contributed by atoms with Gasteiger partial charge in [0.25, 0.3) is 5.91 Å². The molecule has 1 aromatic carbocycles. The van der Waals surface area contributed by atoms with Crippen molar-refractivity contribution in [1.29, 1.82) is 0 Å². The molecule has 0 spiro atoms. The summed E-state index contributed by atoms with van der Waals surface area (Å²) < 4.78 is 0. The van der Waals surface area contributed by atoms with Gasteiger partial charge in [-0.1, -0.05) is 23.8 Å². The number of carbonyl (C=O) groups is 2. The van der Waals surface area contributed by atoms with Crippen molar-refractivity contribution in [2.45, 2.75) is 19.8 Å². The summed E-state index contributed by atoms with van der Waals surface area (Å²) in [5.41, 5.74) is 2.51.